The lowest BCUT2D eigenvalue weighted by Gasteiger charge is -2.02. The minimum atomic E-state index is 0.413. The number of rotatable bonds is 3. The van der Waals surface area contributed by atoms with Crippen LogP contribution in [0.15, 0.2) is 23.8 Å². The summed E-state index contributed by atoms with van der Waals surface area (Å²) in [7, 11) is 3.05. The van der Waals surface area contributed by atoms with Crippen LogP contribution in [-0.2, 0) is 9.47 Å². The zero-order chi connectivity index (χ0) is 9.98. The molecule has 0 aliphatic rings. The van der Waals surface area contributed by atoms with E-state index in [0.717, 1.165) is 0 Å². The summed E-state index contributed by atoms with van der Waals surface area (Å²) in [4.78, 5) is 0. The molecule has 3 nitrogen and oxygen atoms in total. The van der Waals surface area contributed by atoms with E-state index in [1.54, 1.807) is 12.2 Å². The molecule has 0 saturated carbocycles. The van der Waals surface area contributed by atoms with Crippen LogP contribution in [0.2, 0.25) is 0 Å². The normalized spacial score (nSPS) is 9.25. The molecule has 0 aromatic heterocycles. The zero-order valence-electron chi connectivity index (χ0n) is 8.55. The van der Waals surface area contributed by atoms with E-state index in [1.165, 1.54) is 14.2 Å². The van der Waals surface area contributed by atoms with Crippen LogP contribution in [0.4, 0.5) is 0 Å². The van der Waals surface area contributed by atoms with E-state index in [2.05, 4.69) is 0 Å². The third kappa shape index (κ3) is 6.99. The molecule has 0 rings (SSSR count). The van der Waals surface area contributed by atoms with Gasteiger partial charge in [0.25, 0.3) is 5.95 Å². The lowest BCUT2D eigenvalue weighted by molar-refractivity contribution is 0.0952. The SMILES string of the molecule is C/C=C(/N)C=C(OC)OC.CC. The highest BCUT2D eigenvalue weighted by Crippen LogP contribution is 1.98. The van der Waals surface area contributed by atoms with Gasteiger partial charge < -0.3 is 15.2 Å². The summed E-state index contributed by atoms with van der Waals surface area (Å²) in [5.74, 6) is 0.413. The average molecular weight is 173 g/mol. The van der Waals surface area contributed by atoms with Crippen LogP contribution >= 0.6 is 0 Å². The second-order valence-corrected chi connectivity index (χ2v) is 1.66. The van der Waals surface area contributed by atoms with Gasteiger partial charge in [0, 0.05) is 11.8 Å². The predicted molar refractivity (Wildman–Crippen MR) is 51.4 cm³/mol. The van der Waals surface area contributed by atoms with Gasteiger partial charge in [-0.3, -0.25) is 0 Å². The third-order valence-electron chi connectivity index (χ3n) is 1.02. The molecule has 0 aromatic carbocycles. The highest BCUT2D eigenvalue weighted by molar-refractivity contribution is 5.14. The molecular formula is C9H19NO2. The van der Waals surface area contributed by atoms with Crippen molar-refractivity contribution in [1.29, 1.82) is 0 Å². The molecule has 0 amide bonds. The van der Waals surface area contributed by atoms with Crippen LogP contribution in [0.3, 0.4) is 0 Å². The van der Waals surface area contributed by atoms with E-state index in [4.69, 9.17) is 15.2 Å². The van der Waals surface area contributed by atoms with Crippen molar-refractivity contribution in [3.8, 4) is 0 Å². The summed E-state index contributed by atoms with van der Waals surface area (Å²) in [5.41, 5.74) is 6.07. The van der Waals surface area contributed by atoms with Crippen molar-refractivity contribution in [3.05, 3.63) is 23.8 Å². The van der Waals surface area contributed by atoms with E-state index in [9.17, 15) is 0 Å². The van der Waals surface area contributed by atoms with Crippen LogP contribution in [-0.4, -0.2) is 14.2 Å². The molecule has 72 valence electrons. The van der Waals surface area contributed by atoms with E-state index in [-0.39, 0.29) is 0 Å². The van der Waals surface area contributed by atoms with Gasteiger partial charge >= 0.3 is 0 Å². The van der Waals surface area contributed by atoms with Gasteiger partial charge in [0.05, 0.1) is 14.2 Å². The number of hydrogen-bond acceptors (Lipinski definition) is 3. The van der Waals surface area contributed by atoms with Gasteiger partial charge in [-0.25, -0.2) is 0 Å². The minimum Gasteiger partial charge on any atom is -0.469 e. The summed E-state index contributed by atoms with van der Waals surface area (Å²) < 4.78 is 9.58. The molecule has 0 radical (unpaired) electrons. The Kier molecular flexibility index (Phi) is 11.1. The maximum Gasteiger partial charge on any atom is 0.280 e. The first-order valence-electron chi connectivity index (χ1n) is 3.96. The maximum absolute atomic E-state index is 5.45. The molecule has 3 heteroatoms. The molecule has 12 heavy (non-hydrogen) atoms. The highest BCUT2D eigenvalue weighted by atomic mass is 16.7. The molecule has 0 bridgehead atoms. The number of allylic oxidation sites excluding steroid dienone is 2. The Hall–Kier alpha value is -1.12. The summed E-state index contributed by atoms with van der Waals surface area (Å²) >= 11 is 0. The summed E-state index contributed by atoms with van der Waals surface area (Å²) in [6, 6.07) is 0. The quantitative estimate of drug-likeness (QED) is 0.524. The number of methoxy groups -OCH3 is 2. The Labute approximate surface area is 74.9 Å². The fraction of sp³-hybridized carbons (Fsp3) is 0.556. The second kappa shape index (κ2) is 9.88. The first kappa shape index (κ1) is 13.5. The Morgan fingerprint density at radius 3 is 1.83 bits per heavy atom. The molecule has 0 saturated heterocycles. The van der Waals surface area contributed by atoms with Gasteiger partial charge in [-0.05, 0) is 6.92 Å². The number of hydrogen-bond donors (Lipinski definition) is 1. The smallest absolute Gasteiger partial charge is 0.280 e. The monoisotopic (exact) mass is 173 g/mol. The molecule has 0 fully saturated rings. The third-order valence-corrected chi connectivity index (χ3v) is 1.02. The molecule has 0 spiro atoms. The van der Waals surface area contributed by atoms with Gasteiger partial charge in [-0.1, -0.05) is 19.9 Å². The standard InChI is InChI=1S/C7H13NO2.C2H6/c1-4-6(8)5-7(9-2)10-3;1-2/h4-5H,8H2,1-3H3;1-2H3/b6-4+;. The van der Waals surface area contributed by atoms with Gasteiger partial charge in [0.2, 0.25) is 0 Å². The Bertz CT molecular complexity index is 145. The van der Waals surface area contributed by atoms with Crippen LogP contribution in [0.1, 0.15) is 20.8 Å². The van der Waals surface area contributed by atoms with E-state index < -0.39 is 0 Å². The first-order chi connectivity index (χ1) is 5.74. The van der Waals surface area contributed by atoms with Crippen molar-refractivity contribution in [2.75, 3.05) is 14.2 Å². The second-order valence-electron chi connectivity index (χ2n) is 1.66. The Balaban J connectivity index is 0. The molecule has 0 heterocycles. The molecule has 0 aromatic rings. The number of ether oxygens (including phenoxy) is 2. The molecule has 0 aliphatic heterocycles. The van der Waals surface area contributed by atoms with Gasteiger partial charge in [-0.2, -0.15) is 0 Å². The van der Waals surface area contributed by atoms with Crippen LogP contribution in [0.5, 0.6) is 0 Å². The van der Waals surface area contributed by atoms with Gasteiger partial charge in [0.15, 0.2) is 0 Å². The van der Waals surface area contributed by atoms with Crippen molar-refractivity contribution in [2.45, 2.75) is 20.8 Å². The lowest BCUT2D eigenvalue weighted by atomic mass is 10.4. The predicted octanol–water partition coefficient (Wildman–Crippen LogP) is 2.01. The van der Waals surface area contributed by atoms with E-state index in [0.29, 0.717) is 11.6 Å². The molecule has 2 N–H and O–H groups in total. The van der Waals surface area contributed by atoms with Gasteiger partial charge in [-0.15, -0.1) is 0 Å². The fourth-order valence-corrected chi connectivity index (χ4v) is 0.421. The molecule has 0 unspecified atom stereocenters. The van der Waals surface area contributed by atoms with Gasteiger partial charge in [0.1, 0.15) is 0 Å². The van der Waals surface area contributed by atoms with Crippen molar-refractivity contribution in [3.63, 3.8) is 0 Å². The van der Waals surface area contributed by atoms with Crippen molar-refractivity contribution >= 4 is 0 Å². The number of nitrogens with two attached hydrogens (primary N) is 1. The highest BCUT2D eigenvalue weighted by Gasteiger charge is 1.91. The summed E-state index contributed by atoms with van der Waals surface area (Å²) in [6.45, 7) is 5.84. The minimum absolute atomic E-state index is 0.413. The lowest BCUT2D eigenvalue weighted by Crippen LogP contribution is -1.97. The zero-order valence-corrected chi connectivity index (χ0v) is 8.55. The fourth-order valence-electron chi connectivity index (χ4n) is 0.421. The van der Waals surface area contributed by atoms with E-state index >= 15 is 0 Å². The summed E-state index contributed by atoms with van der Waals surface area (Å²) in [6.07, 6.45) is 3.37. The van der Waals surface area contributed by atoms with E-state index in [1.807, 2.05) is 20.8 Å². The first-order valence-corrected chi connectivity index (χ1v) is 3.96. The van der Waals surface area contributed by atoms with Crippen LogP contribution in [0.25, 0.3) is 0 Å². The van der Waals surface area contributed by atoms with Crippen molar-refractivity contribution < 1.29 is 9.47 Å². The average Bonchev–Trinajstić information content (AvgIpc) is 2.16. The maximum atomic E-state index is 5.45. The van der Waals surface area contributed by atoms with Crippen LogP contribution in [0, 0.1) is 0 Å². The molecule has 0 atom stereocenters. The van der Waals surface area contributed by atoms with Crippen LogP contribution < -0.4 is 5.73 Å². The molecular weight excluding hydrogens is 154 g/mol. The Morgan fingerprint density at radius 1 is 1.17 bits per heavy atom. The Morgan fingerprint density at radius 2 is 1.58 bits per heavy atom. The van der Waals surface area contributed by atoms with Crippen molar-refractivity contribution in [1.82, 2.24) is 0 Å². The van der Waals surface area contributed by atoms with Crippen molar-refractivity contribution in [2.24, 2.45) is 5.73 Å². The topological polar surface area (TPSA) is 44.5 Å². The molecule has 0 aliphatic carbocycles. The largest absolute Gasteiger partial charge is 0.469 e. The summed E-state index contributed by atoms with van der Waals surface area (Å²) in [5, 5.41) is 0.